The van der Waals surface area contributed by atoms with E-state index in [9.17, 15) is 4.79 Å². The van der Waals surface area contributed by atoms with Crippen LogP contribution in [0.5, 0.6) is 0 Å². The zero-order chi connectivity index (χ0) is 13.0. The molecule has 0 heterocycles. The Hall–Kier alpha value is -0.830. The predicted octanol–water partition coefficient (Wildman–Crippen LogP) is 3.22. The summed E-state index contributed by atoms with van der Waals surface area (Å²) in [6, 6.07) is 8.52. The number of alkyl halides is 1. The summed E-state index contributed by atoms with van der Waals surface area (Å²) >= 11 is 3.53. The topological polar surface area (TPSA) is 29.1 Å². The van der Waals surface area contributed by atoms with E-state index in [-0.39, 0.29) is 5.91 Å². The Labute approximate surface area is 117 Å². The van der Waals surface area contributed by atoms with Crippen LogP contribution in [0, 0.1) is 12.8 Å². The lowest BCUT2D eigenvalue weighted by Gasteiger charge is -2.19. The van der Waals surface area contributed by atoms with Gasteiger partial charge < -0.3 is 5.32 Å². The SMILES string of the molecule is Cc1cccc(CC(=O)NC2CCCC2CBr)c1. The standard InChI is InChI=1S/C15H20BrNO/c1-11-4-2-5-12(8-11)9-15(18)17-14-7-3-6-13(14)10-16/h2,4-5,8,13-14H,3,6-7,9-10H2,1H3,(H,17,18). The third-order valence-corrected chi connectivity index (χ3v) is 4.48. The highest BCUT2D eigenvalue weighted by molar-refractivity contribution is 9.09. The summed E-state index contributed by atoms with van der Waals surface area (Å²) in [5, 5.41) is 4.17. The summed E-state index contributed by atoms with van der Waals surface area (Å²) in [6.45, 7) is 2.05. The van der Waals surface area contributed by atoms with E-state index in [4.69, 9.17) is 0 Å². The second-order valence-electron chi connectivity index (χ2n) is 5.19. The average Bonchev–Trinajstić information content (AvgIpc) is 2.76. The molecule has 0 radical (unpaired) electrons. The van der Waals surface area contributed by atoms with Crippen molar-refractivity contribution in [3.63, 3.8) is 0 Å². The van der Waals surface area contributed by atoms with Crippen molar-refractivity contribution in [3.8, 4) is 0 Å². The molecule has 1 fully saturated rings. The first kappa shape index (κ1) is 13.6. The van der Waals surface area contributed by atoms with Crippen LogP contribution in [0.4, 0.5) is 0 Å². The lowest BCUT2D eigenvalue weighted by Crippen LogP contribution is -2.38. The van der Waals surface area contributed by atoms with Gasteiger partial charge in [0, 0.05) is 11.4 Å². The highest BCUT2D eigenvalue weighted by Gasteiger charge is 2.27. The van der Waals surface area contributed by atoms with Crippen LogP contribution in [0.2, 0.25) is 0 Å². The van der Waals surface area contributed by atoms with Crippen molar-refractivity contribution >= 4 is 21.8 Å². The number of carbonyl (C=O) groups is 1. The first-order valence-electron chi connectivity index (χ1n) is 6.60. The van der Waals surface area contributed by atoms with Gasteiger partial charge in [-0.3, -0.25) is 4.79 Å². The summed E-state index contributed by atoms with van der Waals surface area (Å²) < 4.78 is 0. The van der Waals surface area contributed by atoms with Gasteiger partial charge in [-0.2, -0.15) is 0 Å². The zero-order valence-electron chi connectivity index (χ0n) is 10.8. The van der Waals surface area contributed by atoms with Gasteiger partial charge in [0.25, 0.3) is 0 Å². The molecule has 2 nitrogen and oxygen atoms in total. The van der Waals surface area contributed by atoms with Gasteiger partial charge in [-0.15, -0.1) is 0 Å². The number of aryl methyl sites for hydroxylation is 1. The average molecular weight is 310 g/mol. The van der Waals surface area contributed by atoms with Crippen LogP contribution in [0.3, 0.4) is 0 Å². The molecule has 1 aliphatic rings. The molecule has 1 aliphatic carbocycles. The van der Waals surface area contributed by atoms with Crippen molar-refractivity contribution < 1.29 is 4.79 Å². The second kappa shape index (κ2) is 6.37. The van der Waals surface area contributed by atoms with Gasteiger partial charge in [-0.05, 0) is 31.2 Å². The Morgan fingerprint density at radius 3 is 3.00 bits per heavy atom. The van der Waals surface area contributed by atoms with E-state index in [2.05, 4.69) is 40.3 Å². The van der Waals surface area contributed by atoms with E-state index < -0.39 is 0 Å². The second-order valence-corrected chi connectivity index (χ2v) is 5.83. The van der Waals surface area contributed by atoms with Crippen molar-refractivity contribution in [3.05, 3.63) is 35.4 Å². The van der Waals surface area contributed by atoms with Crippen LogP contribution in [-0.4, -0.2) is 17.3 Å². The molecule has 1 aromatic rings. The van der Waals surface area contributed by atoms with Gasteiger partial charge in [0.05, 0.1) is 6.42 Å². The van der Waals surface area contributed by atoms with Gasteiger partial charge in [0.1, 0.15) is 0 Å². The van der Waals surface area contributed by atoms with Gasteiger partial charge in [-0.25, -0.2) is 0 Å². The van der Waals surface area contributed by atoms with Crippen molar-refractivity contribution in [2.24, 2.45) is 5.92 Å². The molecule has 2 unspecified atom stereocenters. The lowest BCUT2D eigenvalue weighted by molar-refractivity contribution is -0.121. The Bertz CT molecular complexity index is 419. The smallest absolute Gasteiger partial charge is 0.224 e. The monoisotopic (exact) mass is 309 g/mol. The van der Waals surface area contributed by atoms with Crippen LogP contribution < -0.4 is 5.32 Å². The van der Waals surface area contributed by atoms with Gasteiger partial charge >= 0.3 is 0 Å². The molecular weight excluding hydrogens is 290 g/mol. The first-order chi connectivity index (χ1) is 8.69. The summed E-state index contributed by atoms with van der Waals surface area (Å²) in [4.78, 5) is 12.0. The van der Waals surface area contributed by atoms with Crippen molar-refractivity contribution in [2.45, 2.75) is 38.6 Å². The number of hydrogen-bond donors (Lipinski definition) is 1. The van der Waals surface area contributed by atoms with E-state index in [0.717, 1.165) is 17.3 Å². The fourth-order valence-corrected chi connectivity index (χ4v) is 3.45. The Kier molecular flexibility index (Phi) is 4.81. The molecule has 3 heteroatoms. The Morgan fingerprint density at radius 1 is 1.44 bits per heavy atom. The minimum atomic E-state index is 0.151. The largest absolute Gasteiger partial charge is 0.353 e. The number of nitrogens with one attached hydrogen (secondary N) is 1. The lowest BCUT2D eigenvalue weighted by atomic mass is 10.1. The van der Waals surface area contributed by atoms with E-state index in [1.165, 1.54) is 18.4 Å². The number of carbonyl (C=O) groups excluding carboxylic acids is 1. The minimum Gasteiger partial charge on any atom is -0.353 e. The Morgan fingerprint density at radius 2 is 2.28 bits per heavy atom. The molecule has 0 saturated heterocycles. The quantitative estimate of drug-likeness (QED) is 0.850. The van der Waals surface area contributed by atoms with E-state index in [1.807, 2.05) is 12.1 Å². The van der Waals surface area contributed by atoms with Gasteiger partial charge in [0.2, 0.25) is 5.91 Å². The van der Waals surface area contributed by atoms with E-state index in [1.54, 1.807) is 0 Å². The zero-order valence-corrected chi connectivity index (χ0v) is 12.4. The van der Waals surface area contributed by atoms with E-state index >= 15 is 0 Å². The van der Waals surface area contributed by atoms with Gasteiger partial charge in [0.15, 0.2) is 0 Å². The van der Waals surface area contributed by atoms with Crippen LogP contribution in [0.15, 0.2) is 24.3 Å². The highest BCUT2D eigenvalue weighted by atomic mass is 79.9. The Balaban J connectivity index is 1.89. The molecule has 1 aromatic carbocycles. The summed E-state index contributed by atoms with van der Waals surface area (Å²) in [5.74, 6) is 0.755. The van der Waals surface area contributed by atoms with Crippen LogP contribution in [-0.2, 0) is 11.2 Å². The predicted molar refractivity (Wildman–Crippen MR) is 77.9 cm³/mol. The van der Waals surface area contributed by atoms with Crippen molar-refractivity contribution in [1.29, 1.82) is 0 Å². The fraction of sp³-hybridized carbons (Fsp3) is 0.533. The van der Waals surface area contributed by atoms with Crippen molar-refractivity contribution in [2.75, 3.05) is 5.33 Å². The maximum atomic E-state index is 12.0. The third-order valence-electron chi connectivity index (χ3n) is 3.65. The minimum absolute atomic E-state index is 0.151. The van der Waals surface area contributed by atoms with Crippen LogP contribution in [0.1, 0.15) is 30.4 Å². The molecule has 0 spiro atoms. The highest BCUT2D eigenvalue weighted by Crippen LogP contribution is 2.27. The number of benzene rings is 1. The molecule has 18 heavy (non-hydrogen) atoms. The van der Waals surface area contributed by atoms with E-state index in [0.29, 0.717) is 18.4 Å². The molecule has 0 bridgehead atoms. The molecule has 98 valence electrons. The summed E-state index contributed by atoms with van der Waals surface area (Å²) in [7, 11) is 0. The summed E-state index contributed by atoms with van der Waals surface area (Å²) in [6.07, 6.45) is 4.06. The maximum absolute atomic E-state index is 12.0. The molecule has 1 saturated carbocycles. The first-order valence-corrected chi connectivity index (χ1v) is 7.72. The van der Waals surface area contributed by atoms with Gasteiger partial charge in [-0.1, -0.05) is 52.2 Å². The van der Waals surface area contributed by atoms with Crippen LogP contribution >= 0.6 is 15.9 Å². The number of rotatable bonds is 4. The van der Waals surface area contributed by atoms with Crippen molar-refractivity contribution in [1.82, 2.24) is 5.32 Å². The maximum Gasteiger partial charge on any atom is 0.224 e. The number of halogens is 1. The normalized spacial score (nSPS) is 23.0. The number of amides is 1. The number of hydrogen-bond acceptors (Lipinski definition) is 1. The van der Waals surface area contributed by atoms with Crippen LogP contribution in [0.25, 0.3) is 0 Å². The molecule has 0 aromatic heterocycles. The molecule has 2 atom stereocenters. The molecule has 1 N–H and O–H groups in total. The molecule has 2 rings (SSSR count). The fourth-order valence-electron chi connectivity index (χ4n) is 2.68. The summed E-state index contributed by atoms with van der Waals surface area (Å²) in [5.41, 5.74) is 2.31. The third kappa shape index (κ3) is 3.58. The molecule has 1 amide bonds. The molecule has 0 aliphatic heterocycles. The molecular formula is C15H20BrNO.